The summed E-state index contributed by atoms with van der Waals surface area (Å²) in [5, 5.41) is 5.38. The highest BCUT2D eigenvalue weighted by Gasteiger charge is 2.39. The maximum Gasteiger partial charge on any atom is 0.407 e. The maximum atomic E-state index is 13.5. The van der Waals surface area contributed by atoms with Crippen molar-refractivity contribution in [1.82, 2.24) is 40.4 Å². The van der Waals surface area contributed by atoms with Crippen LogP contribution in [0.1, 0.15) is 77.1 Å². The number of carbonyl (C=O) groups is 4. The van der Waals surface area contributed by atoms with Gasteiger partial charge in [0.05, 0.1) is 50.1 Å². The van der Waals surface area contributed by atoms with Crippen molar-refractivity contribution in [2.24, 2.45) is 11.8 Å². The molecule has 286 valence electrons. The Kier molecular flexibility index (Phi) is 11.7. The number of likely N-dealkylation sites (tertiary alicyclic amines) is 2. The molecule has 14 heteroatoms. The summed E-state index contributed by atoms with van der Waals surface area (Å²) in [6.07, 6.45) is 5.61. The van der Waals surface area contributed by atoms with Crippen LogP contribution in [0.15, 0.2) is 60.9 Å². The number of nitrogens with zero attached hydrogens (tertiary/aromatic N) is 4. The van der Waals surface area contributed by atoms with Gasteiger partial charge in [0.2, 0.25) is 11.8 Å². The predicted octanol–water partition coefficient (Wildman–Crippen LogP) is 6.22. The number of alkyl carbamates (subject to hydrolysis) is 2. The van der Waals surface area contributed by atoms with E-state index in [1.54, 1.807) is 22.2 Å². The van der Waals surface area contributed by atoms with Gasteiger partial charge in [0.25, 0.3) is 0 Å². The number of aromatic amines is 2. The smallest absolute Gasteiger partial charge is 0.407 e. The van der Waals surface area contributed by atoms with Gasteiger partial charge < -0.3 is 39.9 Å². The van der Waals surface area contributed by atoms with Crippen molar-refractivity contribution in [2.75, 3.05) is 27.3 Å². The second kappa shape index (κ2) is 16.6. The number of H-pyrrole nitrogens is 2. The molecule has 4 heterocycles. The molecule has 2 aromatic heterocycles. The molecule has 2 aromatic carbocycles. The van der Waals surface area contributed by atoms with E-state index in [0.29, 0.717) is 13.1 Å². The van der Waals surface area contributed by atoms with Crippen LogP contribution in [-0.2, 0) is 19.1 Å². The van der Waals surface area contributed by atoms with Crippen LogP contribution in [0.3, 0.4) is 0 Å². The van der Waals surface area contributed by atoms with Crippen molar-refractivity contribution in [2.45, 2.75) is 77.5 Å². The van der Waals surface area contributed by atoms with Gasteiger partial charge in [-0.05, 0) is 59.8 Å². The zero-order valence-electron chi connectivity index (χ0n) is 31.7. The molecule has 0 spiro atoms. The number of benzene rings is 2. The summed E-state index contributed by atoms with van der Waals surface area (Å²) in [6, 6.07) is 14.7. The lowest BCUT2D eigenvalue weighted by molar-refractivity contribution is -0.136. The normalized spacial score (nSPS) is 18.1. The Morgan fingerprint density at radius 1 is 0.630 bits per heavy atom. The van der Waals surface area contributed by atoms with Gasteiger partial charge in [0, 0.05) is 13.1 Å². The van der Waals surface area contributed by atoms with Crippen LogP contribution < -0.4 is 10.6 Å². The summed E-state index contributed by atoms with van der Waals surface area (Å²) < 4.78 is 9.50. The highest BCUT2D eigenvalue weighted by molar-refractivity contribution is 5.87. The largest absolute Gasteiger partial charge is 0.453 e. The highest BCUT2D eigenvalue weighted by atomic mass is 16.5. The molecule has 2 saturated heterocycles. The standard InChI is InChI=1S/C40H50N8O6/c1-23(2)33(45-39(51)53-5)37(49)47-19-7-9-31(47)35-41-21-29(43-35)27-15-11-25(12-16-27)26-13-17-28(18-14-26)30-22-42-36(44-30)32-10-8-20-48(32)38(50)34(24(3)4)46-40(52)54-6/h11-18,21-24,31-34H,7-10,19-20H2,1-6H3,(H,41,43)(H,42,44)(H,45,51)(H,46,52)/t31-,32?,33?,34?/m0/s1. The molecular formula is C40H50N8O6. The number of hydrogen-bond donors (Lipinski definition) is 4. The molecule has 4 amide bonds. The maximum absolute atomic E-state index is 13.5. The SMILES string of the molecule is COC(=O)NC(C(=O)N1CCCC1c1ncc(-c2ccc(-c3ccc(-c4cnc([C@@H]5CCCN5C(=O)C(NC(=O)OC)C(C)C)[nH]4)cc3)cc2)[nH]1)C(C)C. The summed E-state index contributed by atoms with van der Waals surface area (Å²) >= 11 is 0. The summed E-state index contributed by atoms with van der Waals surface area (Å²) in [6.45, 7) is 8.78. The number of imidazole rings is 2. The van der Waals surface area contributed by atoms with E-state index in [0.717, 1.165) is 71.0 Å². The molecule has 2 fully saturated rings. The van der Waals surface area contributed by atoms with Crippen LogP contribution in [0.5, 0.6) is 0 Å². The van der Waals surface area contributed by atoms with Crippen LogP contribution in [0.2, 0.25) is 0 Å². The first-order chi connectivity index (χ1) is 26.0. The average molecular weight is 739 g/mol. The van der Waals surface area contributed by atoms with E-state index < -0.39 is 24.3 Å². The van der Waals surface area contributed by atoms with Gasteiger partial charge in [-0.1, -0.05) is 76.2 Å². The molecule has 4 N–H and O–H groups in total. The van der Waals surface area contributed by atoms with Crippen molar-refractivity contribution in [3.8, 4) is 33.6 Å². The lowest BCUT2D eigenvalue weighted by Crippen LogP contribution is -2.51. The Labute approximate surface area is 315 Å². The predicted molar refractivity (Wildman–Crippen MR) is 203 cm³/mol. The molecular weight excluding hydrogens is 688 g/mol. The number of amides is 4. The lowest BCUT2D eigenvalue weighted by atomic mass is 10.0. The van der Waals surface area contributed by atoms with E-state index in [1.165, 1.54) is 14.2 Å². The number of methoxy groups -OCH3 is 2. The van der Waals surface area contributed by atoms with Gasteiger partial charge in [-0.3, -0.25) is 9.59 Å². The third kappa shape index (κ3) is 8.12. The van der Waals surface area contributed by atoms with Gasteiger partial charge >= 0.3 is 12.2 Å². The number of nitrogens with one attached hydrogen (secondary N) is 4. The van der Waals surface area contributed by atoms with Gasteiger partial charge in [-0.25, -0.2) is 19.6 Å². The first kappa shape index (κ1) is 38.1. The lowest BCUT2D eigenvalue weighted by Gasteiger charge is -2.30. The number of carbonyl (C=O) groups excluding carboxylic acids is 4. The first-order valence-electron chi connectivity index (χ1n) is 18.6. The van der Waals surface area contributed by atoms with Crippen LogP contribution in [-0.4, -0.2) is 93.1 Å². The molecule has 2 aliphatic heterocycles. The van der Waals surface area contributed by atoms with Crippen molar-refractivity contribution < 1.29 is 28.7 Å². The summed E-state index contributed by atoms with van der Waals surface area (Å²) in [5.74, 6) is 0.955. The molecule has 3 unspecified atom stereocenters. The van der Waals surface area contributed by atoms with E-state index in [1.807, 2.05) is 52.0 Å². The van der Waals surface area contributed by atoms with Crippen molar-refractivity contribution in [1.29, 1.82) is 0 Å². The van der Waals surface area contributed by atoms with Crippen LogP contribution in [0, 0.1) is 11.8 Å². The summed E-state index contributed by atoms with van der Waals surface area (Å²) in [7, 11) is 2.58. The Morgan fingerprint density at radius 2 is 0.981 bits per heavy atom. The fourth-order valence-corrected chi connectivity index (χ4v) is 7.38. The molecule has 4 atom stereocenters. The van der Waals surface area contributed by atoms with Gasteiger partial charge in [-0.2, -0.15) is 0 Å². The molecule has 0 radical (unpaired) electrons. The third-order valence-electron chi connectivity index (χ3n) is 10.4. The quantitative estimate of drug-likeness (QED) is 0.140. The van der Waals surface area contributed by atoms with Crippen molar-refractivity contribution in [3.63, 3.8) is 0 Å². The summed E-state index contributed by atoms with van der Waals surface area (Å²) in [4.78, 5) is 70.7. The Balaban J connectivity index is 1.11. The number of aromatic nitrogens is 4. The average Bonchev–Trinajstić information content (AvgIpc) is 4.02. The van der Waals surface area contributed by atoms with Crippen LogP contribution in [0.4, 0.5) is 9.59 Å². The zero-order valence-corrected chi connectivity index (χ0v) is 31.7. The van der Waals surface area contributed by atoms with Crippen LogP contribution in [0.25, 0.3) is 33.6 Å². The Bertz CT molecular complexity index is 1800. The molecule has 4 aromatic rings. The molecule has 14 nitrogen and oxygen atoms in total. The molecule has 0 bridgehead atoms. The first-order valence-corrected chi connectivity index (χ1v) is 18.6. The second-order valence-corrected chi connectivity index (χ2v) is 14.6. The van der Waals surface area contributed by atoms with E-state index in [-0.39, 0.29) is 35.7 Å². The minimum atomic E-state index is -0.687. The van der Waals surface area contributed by atoms with Gasteiger partial charge in [0.1, 0.15) is 23.7 Å². The number of rotatable bonds is 11. The fraction of sp³-hybridized carbons (Fsp3) is 0.450. The van der Waals surface area contributed by atoms with Gasteiger partial charge in [-0.15, -0.1) is 0 Å². The van der Waals surface area contributed by atoms with E-state index in [4.69, 9.17) is 9.47 Å². The second-order valence-electron chi connectivity index (χ2n) is 14.6. The van der Waals surface area contributed by atoms with Gasteiger partial charge in [0.15, 0.2) is 0 Å². The monoisotopic (exact) mass is 738 g/mol. The van der Waals surface area contributed by atoms with E-state index >= 15 is 0 Å². The Morgan fingerprint density at radius 3 is 1.31 bits per heavy atom. The molecule has 6 rings (SSSR count). The van der Waals surface area contributed by atoms with Crippen molar-refractivity contribution in [3.05, 3.63) is 72.6 Å². The fourth-order valence-electron chi connectivity index (χ4n) is 7.38. The molecule has 0 aliphatic carbocycles. The van der Waals surface area contributed by atoms with E-state index in [2.05, 4.69) is 54.8 Å². The molecule has 54 heavy (non-hydrogen) atoms. The van der Waals surface area contributed by atoms with Crippen molar-refractivity contribution >= 4 is 24.0 Å². The number of hydrogen-bond acceptors (Lipinski definition) is 8. The van der Waals surface area contributed by atoms with Crippen LogP contribution >= 0.6 is 0 Å². The zero-order chi connectivity index (χ0) is 38.5. The summed E-state index contributed by atoms with van der Waals surface area (Å²) in [5.41, 5.74) is 5.78. The molecule has 2 aliphatic rings. The topological polar surface area (TPSA) is 175 Å². The minimum absolute atomic E-state index is 0.104. The molecule has 0 saturated carbocycles. The third-order valence-corrected chi connectivity index (χ3v) is 10.4. The minimum Gasteiger partial charge on any atom is -0.453 e. The highest BCUT2D eigenvalue weighted by Crippen LogP contribution is 2.35. The number of ether oxygens (including phenoxy) is 2. The van der Waals surface area contributed by atoms with E-state index in [9.17, 15) is 19.2 Å². The Hall–Kier alpha value is -5.66.